The molecule has 0 saturated carbocycles. The first-order valence-corrected chi connectivity index (χ1v) is 15.3. The van der Waals surface area contributed by atoms with Gasteiger partial charge >= 0.3 is 0 Å². The second kappa shape index (κ2) is 14.4. The molecule has 0 aliphatic carbocycles. The number of pyridine rings is 1. The fraction of sp³-hybridized carbons (Fsp3) is 0.184. The number of hydrogen-bond donors (Lipinski definition) is 0. The molecule has 230 valence electrons. The molecule has 5 aromatic rings. The molecule has 2 aromatic heterocycles. The van der Waals surface area contributed by atoms with E-state index in [9.17, 15) is 9.59 Å². The summed E-state index contributed by atoms with van der Waals surface area (Å²) in [5.41, 5.74) is 5.90. The summed E-state index contributed by atoms with van der Waals surface area (Å²) >= 11 is 0. The van der Waals surface area contributed by atoms with Crippen molar-refractivity contribution >= 4 is 17.9 Å². The van der Waals surface area contributed by atoms with E-state index in [1.165, 1.54) is 11.6 Å². The number of rotatable bonds is 10. The van der Waals surface area contributed by atoms with Crippen molar-refractivity contribution in [1.29, 1.82) is 0 Å². The third-order valence-corrected chi connectivity index (χ3v) is 8.18. The van der Waals surface area contributed by atoms with E-state index in [1.54, 1.807) is 48.8 Å². The minimum Gasteiger partial charge on any atom is -0.481 e. The van der Waals surface area contributed by atoms with Gasteiger partial charge in [-0.15, -0.1) is 0 Å². The Balaban J connectivity index is 1.34. The molecule has 2 amide bonds. The second-order valence-electron chi connectivity index (χ2n) is 11.2. The minimum absolute atomic E-state index is 0.0690. The molecule has 0 saturated heterocycles. The van der Waals surface area contributed by atoms with Gasteiger partial charge in [0.1, 0.15) is 6.04 Å². The van der Waals surface area contributed by atoms with Crippen LogP contribution in [0.2, 0.25) is 0 Å². The van der Waals surface area contributed by atoms with Crippen LogP contribution in [-0.2, 0) is 35.5 Å². The lowest BCUT2D eigenvalue weighted by atomic mass is 9.97. The minimum atomic E-state index is -0.726. The van der Waals surface area contributed by atoms with E-state index in [0.717, 1.165) is 34.2 Å². The third-order valence-electron chi connectivity index (χ3n) is 8.18. The Morgan fingerprint density at radius 2 is 1.59 bits per heavy atom. The number of nitrogens with zero attached hydrogens (tertiary/aromatic N) is 5. The quantitative estimate of drug-likeness (QED) is 0.187. The van der Waals surface area contributed by atoms with Crippen LogP contribution >= 0.6 is 0 Å². The number of fused-ring (bicyclic) bond motifs is 1. The molecule has 0 spiro atoms. The molecular weight excluding hydrogens is 574 g/mol. The molecule has 0 fully saturated rings. The lowest BCUT2D eigenvalue weighted by Gasteiger charge is -2.37. The molecule has 0 N–H and O–H groups in total. The van der Waals surface area contributed by atoms with E-state index in [0.29, 0.717) is 31.2 Å². The highest BCUT2D eigenvalue weighted by Crippen LogP contribution is 2.24. The zero-order valence-corrected chi connectivity index (χ0v) is 25.7. The van der Waals surface area contributed by atoms with E-state index in [4.69, 9.17) is 4.74 Å². The van der Waals surface area contributed by atoms with Crippen LogP contribution in [0.15, 0.2) is 122 Å². The van der Waals surface area contributed by atoms with E-state index in [-0.39, 0.29) is 18.4 Å². The van der Waals surface area contributed by atoms with Crippen molar-refractivity contribution in [3.8, 4) is 17.3 Å². The van der Waals surface area contributed by atoms with Gasteiger partial charge in [0.25, 0.3) is 0 Å². The molecule has 3 heterocycles. The summed E-state index contributed by atoms with van der Waals surface area (Å²) in [5.74, 6) is 0.783. The van der Waals surface area contributed by atoms with Crippen molar-refractivity contribution in [1.82, 2.24) is 24.8 Å². The maximum Gasteiger partial charge on any atom is 0.247 e. The number of benzene rings is 3. The van der Waals surface area contributed by atoms with E-state index in [2.05, 4.69) is 27.1 Å². The molecule has 8 nitrogen and oxygen atoms in total. The van der Waals surface area contributed by atoms with E-state index in [1.807, 2.05) is 77.7 Å². The number of amides is 2. The Morgan fingerprint density at radius 1 is 0.848 bits per heavy atom. The van der Waals surface area contributed by atoms with Gasteiger partial charge in [-0.2, -0.15) is 0 Å². The maximum atomic E-state index is 14.5. The molecule has 46 heavy (non-hydrogen) atoms. The Morgan fingerprint density at radius 3 is 2.30 bits per heavy atom. The lowest BCUT2D eigenvalue weighted by molar-refractivity contribution is -0.144. The molecule has 1 atom stereocenters. The zero-order valence-electron chi connectivity index (χ0n) is 25.7. The van der Waals surface area contributed by atoms with Crippen LogP contribution in [0.4, 0.5) is 0 Å². The molecule has 1 aliphatic rings. The number of methoxy groups -OCH3 is 1. The Hall–Kier alpha value is -5.63. The first kappa shape index (κ1) is 30.4. The highest BCUT2D eigenvalue weighted by Gasteiger charge is 2.34. The number of carbonyl (C=O) groups is 2. The molecule has 0 unspecified atom stereocenters. The van der Waals surface area contributed by atoms with Gasteiger partial charge in [0.2, 0.25) is 17.7 Å². The van der Waals surface area contributed by atoms with E-state index >= 15 is 0 Å². The van der Waals surface area contributed by atoms with Gasteiger partial charge in [-0.1, -0.05) is 78.9 Å². The summed E-state index contributed by atoms with van der Waals surface area (Å²) in [4.78, 5) is 45.2. The van der Waals surface area contributed by atoms with Crippen LogP contribution in [-0.4, -0.2) is 56.3 Å². The number of carbonyl (C=O) groups excluding carboxylic acids is 2. The average molecular weight is 610 g/mol. The smallest absolute Gasteiger partial charge is 0.247 e. The van der Waals surface area contributed by atoms with Crippen LogP contribution in [0.25, 0.3) is 17.5 Å². The fourth-order valence-corrected chi connectivity index (χ4v) is 5.68. The highest BCUT2D eigenvalue weighted by atomic mass is 16.5. The van der Waals surface area contributed by atoms with Crippen LogP contribution in [0.1, 0.15) is 27.8 Å². The number of aromatic nitrogens is 3. The fourth-order valence-electron chi connectivity index (χ4n) is 5.68. The van der Waals surface area contributed by atoms with Gasteiger partial charge in [-0.05, 0) is 52.4 Å². The number of ether oxygens (including phenoxy) is 1. The second-order valence-corrected chi connectivity index (χ2v) is 11.2. The molecule has 0 bridgehead atoms. The summed E-state index contributed by atoms with van der Waals surface area (Å²) < 4.78 is 5.17. The predicted molar refractivity (Wildman–Crippen MR) is 177 cm³/mol. The molecule has 6 rings (SSSR count). The Labute approximate surface area is 269 Å². The van der Waals surface area contributed by atoms with Crippen molar-refractivity contribution < 1.29 is 14.3 Å². The Bertz CT molecular complexity index is 1790. The SMILES string of the molecule is COc1ccc(C=CC(=O)N(Cc2ccc(-c3ncccn3)cc2)[C@@H](Cc2ccccc2)C(=O)N2CCc3ccccc3C2)cn1. The standard InChI is InChI=1S/C38H35N5O3/c1-46-35-18-14-29(25-41-35)15-19-36(44)43(26-30-12-16-32(17-13-30)37-39-21-7-22-40-37)34(24-28-8-3-2-4-9-28)38(45)42-23-20-31-10-5-6-11-33(31)27-42/h2-19,21-22,25,34H,20,23-24,26-27H2,1H3/t34-/m0/s1. The van der Waals surface area contributed by atoms with Crippen molar-refractivity contribution in [2.45, 2.75) is 32.0 Å². The van der Waals surface area contributed by atoms with Gasteiger partial charge < -0.3 is 14.5 Å². The van der Waals surface area contributed by atoms with Crippen LogP contribution in [0.3, 0.4) is 0 Å². The summed E-state index contributed by atoms with van der Waals surface area (Å²) in [6.07, 6.45) is 9.47. The van der Waals surface area contributed by atoms with Crippen LogP contribution in [0.5, 0.6) is 5.88 Å². The number of hydrogen-bond acceptors (Lipinski definition) is 6. The molecule has 1 aliphatic heterocycles. The molecular formula is C38H35N5O3. The van der Waals surface area contributed by atoms with E-state index < -0.39 is 6.04 Å². The largest absolute Gasteiger partial charge is 0.481 e. The summed E-state index contributed by atoms with van der Waals surface area (Å²) in [5, 5.41) is 0. The predicted octanol–water partition coefficient (Wildman–Crippen LogP) is 5.79. The van der Waals surface area contributed by atoms with Gasteiger partial charge in [-0.25, -0.2) is 15.0 Å². The monoisotopic (exact) mass is 609 g/mol. The Kier molecular flexibility index (Phi) is 9.54. The molecule has 0 radical (unpaired) electrons. The zero-order chi connectivity index (χ0) is 31.7. The normalized spacial score (nSPS) is 13.2. The van der Waals surface area contributed by atoms with Crippen molar-refractivity contribution in [3.05, 3.63) is 150 Å². The van der Waals surface area contributed by atoms with Crippen molar-refractivity contribution in [2.24, 2.45) is 0 Å². The van der Waals surface area contributed by atoms with Gasteiger partial charge in [0.15, 0.2) is 5.82 Å². The van der Waals surface area contributed by atoms with Crippen LogP contribution in [0, 0.1) is 0 Å². The highest BCUT2D eigenvalue weighted by molar-refractivity contribution is 5.95. The summed E-state index contributed by atoms with van der Waals surface area (Å²) in [6, 6.07) is 30.6. The maximum absolute atomic E-state index is 14.5. The van der Waals surface area contributed by atoms with Gasteiger partial charge in [0, 0.05) is 62.4 Å². The average Bonchev–Trinajstić information content (AvgIpc) is 3.13. The van der Waals surface area contributed by atoms with Crippen molar-refractivity contribution in [3.63, 3.8) is 0 Å². The van der Waals surface area contributed by atoms with Crippen LogP contribution < -0.4 is 4.74 Å². The topological polar surface area (TPSA) is 88.5 Å². The van der Waals surface area contributed by atoms with Crippen molar-refractivity contribution in [2.75, 3.05) is 13.7 Å². The first-order chi connectivity index (χ1) is 22.6. The first-order valence-electron chi connectivity index (χ1n) is 15.3. The molecule has 8 heteroatoms. The molecule has 3 aromatic carbocycles. The third kappa shape index (κ3) is 7.35. The summed E-state index contributed by atoms with van der Waals surface area (Å²) in [7, 11) is 1.56. The summed E-state index contributed by atoms with van der Waals surface area (Å²) in [6.45, 7) is 1.36. The van der Waals surface area contributed by atoms with Gasteiger partial charge in [0.05, 0.1) is 7.11 Å². The van der Waals surface area contributed by atoms with Gasteiger partial charge in [-0.3, -0.25) is 9.59 Å². The lowest BCUT2D eigenvalue weighted by Crippen LogP contribution is -2.52.